The van der Waals surface area contributed by atoms with Gasteiger partial charge in [-0.25, -0.2) is 4.98 Å². The number of nitrogens with zero attached hydrogens (tertiary/aromatic N) is 2. The molecule has 1 unspecified atom stereocenters. The Morgan fingerprint density at radius 3 is 2.68 bits per heavy atom. The van der Waals surface area contributed by atoms with Crippen molar-refractivity contribution in [1.29, 1.82) is 0 Å². The molecule has 0 spiro atoms. The number of ether oxygens (including phenoxy) is 1. The summed E-state index contributed by atoms with van der Waals surface area (Å²) in [5, 5.41) is 2.96. The van der Waals surface area contributed by atoms with E-state index < -0.39 is 0 Å². The van der Waals surface area contributed by atoms with E-state index in [0.717, 1.165) is 17.0 Å². The van der Waals surface area contributed by atoms with E-state index in [1.165, 1.54) is 0 Å². The molecule has 0 aliphatic rings. The van der Waals surface area contributed by atoms with E-state index >= 15 is 0 Å². The highest BCUT2D eigenvalue weighted by atomic mass is 16.5. The van der Waals surface area contributed by atoms with Crippen LogP contribution in [-0.4, -0.2) is 22.4 Å². The molecular weight excluding hydrogens is 278 g/mol. The molecule has 1 aromatic carbocycles. The number of rotatable bonds is 4. The maximum absolute atomic E-state index is 12.3. The minimum absolute atomic E-state index is 0.108. The van der Waals surface area contributed by atoms with Gasteiger partial charge >= 0.3 is 0 Å². The second-order valence-corrected chi connectivity index (χ2v) is 5.06. The zero-order valence-electron chi connectivity index (χ0n) is 12.5. The Hall–Kier alpha value is -2.82. The summed E-state index contributed by atoms with van der Waals surface area (Å²) >= 11 is 0. The summed E-state index contributed by atoms with van der Waals surface area (Å²) in [4.78, 5) is 16.6. The van der Waals surface area contributed by atoms with Crippen molar-refractivity contribution in [3.05, 3.63) is 66.1 Å². The van der Waals surface area contributed by atoms with Gasteiger partial charge in [0.05, 0.1) is 13.2 Å². The lowest BCUT2D eigenvalue weighted by Gasteiger charge is -2.13. The van der Waals surface area contributed by atoms with E-state index in [9.17, 15) is 4.79 Å². The molecule has 1 N–H and O–H groups in total. The van der Waals surface area contributed by atoms with Gasteiger partial charge in [0, 0.05) is 12.4 Å². The van der Waals surface area contributed by atoms with Crippen LogP contribution in [0.2, 0.25) is 0 Å². The smallest absolute Gasteiger partial charge is 0.271 e. The van der Waals surface area contributed by atoms with Crippen LogP contribution in [0.3, 0.4) is 0 Å². The second kappa shape index (κ2) is 5.89. The molecule has 3 rings (SSSR count). The van der Waals surface area contributed by atoms with Gasteiger partial charge in [-0.05, 0) is 36.8 Å². The van der Waals surface area contributed by atoms with Crippen LogP contribution in [-0.2, 0) is 0 Å². The van der Waals surface area contributed by atoms with Crippen LogP contribution < -0.4 is 10.1 Å². The monoisotopic (exact) mass is 295 g/mol. The van der Waals surface area contributed by atoms with Crippen molar-refractivity contribution < 1.29 is 9.53 Å². The molecule has 5 nitrogen and oxygen atoms in total. The number of carbonyl (C=O) groups excluding carboxylic acids is 1. The number of hydrogen-bond donors (Lipinski definition) is 1. The summed E-state index contributed by atoms with van der Waals surface area (Å²) in [6.45, 7) is 1.94. The van der Waals surface area contributed by atoms with E-state index in [-0.39, 0.29) is 11.9 Å². The Morgan fingerprint density at radius 2 is 2.00 bits per heavy atom. The summed E-state index contributed by atoms with van der Waals surface area (Å²) in [5.74, 6) is 0.606. The number of carbonyl (C=O) groups is 1. The molecule has 112 valence electrons. The van der Waals surface area contributed by atoms with E-state index in [1.54, 1.807) is 13.3 Å². The molecule has 0 fully saturated rings. The second-order valence-electron chi connectivity index (χ2n) is 5.06. The predicted molar refractivity (Wildman–Crippen MR) is 84.1 cm³/mol. The number of aromatic nitrogens is 2. The fraction of sp³-hybridized carbons (Fsp3) is 0.176. The van der Waals surface area contributed by atoms with Crippen LogP contribution in [0.15, 0.2) is 54.9 Å². The molecule has 3 aromatic rings. The van der Waals surface area contributed by atoms with Crippen molar-refractivity contribution >= 4 is 11.6 Å². The lowest BCUT2D eigenvalue weighted by Crippen LogP contribution is -2.26. The Morgan fingerprint density at radius 1 is 1.23 bits per heavy atom. The zero-order valence-corrected chi connectivity index (χ0v) is 12.5. The SMILES string of the molecule is COc1ccc(C(C)NC(=O)c2cn3ccccc3n2)cc1. The molecule has 22 heavy (non-hydrogen) atoms. The van der Waals surface area contributed by atoms with Crippen molar-refractivity contribution in [3.8, 4) is 5.75 Å². The molecule has 0 aliphatic heterocycles. The third kappa shape index (κ3) is 2.79. The highest BCUT2D eigenvalue weighted by Crippen LogP contribution is 2.17. The molecule has 0 saturated carbocycles. The Labute approximate surface area is 128 Å². The summed E-state index contributed by atoms with van der Waals surface area (Å²) in [6, 6.07) is 13.2. The number of amides is 1. The number of nitrogens with one attached hydrogen (secondary N) is 1. The van der Waals surface area contributed by atoms with Crippen LogP contribution in [0.5, 0.6) is 5.75 Å². The lowest BCUT2D eigenvalue weighted by molar-refractivity contribution is 0.0935. The number of benzene rings is 1. The molecule has 0 aliphatic carbocycles. The first-order valence-electron chi connectivity index (χ1n) is 7.06. The highest BCUT2D eigenvalue weighted by molar-refractivity contribution is 5.93. The Bertz CT molecular complexity index is 760. The molecular formula is C17H17N3O2. The van der Waals surface area contributed by atoms with Gasteiger partial charge in [-0.2, -0.15) is 0 Å². The number of hydrogen-bond acceptors (Lipinski definition) is 3. The van der Waals surface area contributed by atoms with Crippen LogP contribution in [0, 0.1) is 0 Å². The van der Waals surface area contributed by atoms with Crippen LogP contribution in [0.25, 0.3) is 5.65 Å². The summed E-state index contributed by atoms with van der Waals surface area (Å²) < 4.78 is 6.96. The number of fused-ring (bicyclic) bond motifs is 1. The van der Waals surface area contributed by atoms with Crippen LogP contribution >= 0.6 is 0 Å². The van der Waals surface area contributed by atoms with Crippen molar-refractivity contribution in [3.63, 3.8) is 0 Å². The average molecular weight is 295 g/mol. The van der Waals surface area contributed by atoms with E-state index in [4.69, 9.17) is 4.74 Å². The van der Waals surface area contributed by atoms with E-state index in [2.05, 4.69) is 10.3 Å². The average Bonchev–Trinajstić information content (AvgIpc) is 2.99. The fourth-order valence-corrected chi connectivity index (χ4v) is 2.29. The van der Waals surface area contributed by atoms with Crippen molar-refractivity contribution in [2.24, 2.45) is 0 Å². The molecule has 0 saturated heterocycles. The topological polar surface area (TPSA) is 55.6 Å². The van der Waals surface area contributed by atoms with Gasteiger partial charge in [0.1, 0.15) is 17.1 Å². The van der Waals surface area contributed by atoms with E-state index in [1.807, 2.05) is 60.0 Å². The first-order valence-corrected chi connectivity index (χ1v) is 7.06. The van der Waals surface area contributed by atoms with Crippen LogP contribution in [0.1, 0.15) is 29.0 Å². The third-order valence-corrected chi connectivity index (χ3v) is 3.56. The number of pyridine rings is 1. The van der Waals surface area contributed by atoms with Gasteiger partial charge in [-0.15, -0.1) is 0 Å². The standard InChI is InChI=1S/C17H17N3O2/c1-12(13-6-8-14(22-2)9-7-13)18-17(21)15-11-20-10-4-3-5-16(20)19-15/h3-12H,1-2H3,(H,18,21). The maximum atomic E-state index is 12.3. The molecule has 2 aromatic heterocycles. The van der Waals surface area contributed by atoms with Crippen molar-refractivity contribution in [2.45, 2.75) is 13.0 Å². The van der Waals surface area contributed by atoms with Crippen molar-refractivity contribution in [2.75, 3.05) is 7.11 Å². The quantitative estimate of drug-likeness (QED) is 0.805. The highest BCUT2D eigenvalue weighted by Gasteiger charge is 2.14. The zero-order chi connectivity index (χ0) is 15.5. The number of methoxy groups -OCH3 is 1. The molecule has 2 heterocycles. The molecule has 1 atom stereocenters. The predicted octanol–water partition coefficient (Wildman–Crippen LogP) is 2.83. The van der Waals surface area contributed by atoms with Gasteiger partial charge < -0.3 is 14.5 Å². The van der Waals surface area contributed by atoms with Gasteiger partial charge in [0.2, 0.25) is 0 Å². The van der Waals surface area contributed by atoms with E-state index in [0.29, 0.717) is 5.69 Å². The first-order chi connectivity index (χ1) is 10.7. The maximum Gasteiger partial charge on any atom is 0.271 e. The minimum Gasteiger partial charge on any atom is -0.497 e. The lowest BCUT2D eigenvalue weighted by atomic mass is 10.1. The summed E-state index contributed by atoms with van der Waals surface area (Å²) in [6.07, 6.45) is 3.59. The van der Waals surface area contributed by atoms with Gasteiger partial charge in [-0.1, -0.05) is 18.2 Å². The normalized spacial score (nSPS) is 12.1. The van der Waals surface area contributed by atoms with Gasteiger partial charge in [0.25, 0.3) is 5.91 Å². The third-order valence-electron chi connectivity index (χ3n) is 3.56. The van der Waals surface area contributed by atoms with Gasteiger partial charge in [-0.3, -0.25) is 4.79 Å². The minimum atomic E-state index is -0.188. The van der Waals surface area contributed by atoms with Gasteiger partial charge in [0.15, 0.2) is 0 Å². The van der Waals surface area contributed by atoms with Crippen molar-refractivity contribution in [1.82, 2.24) is 14.7 Å². The fourth-order valence-electron chi connectivity index (χ4n) is 2.29. The summed E-state index contributed by atoms with van der Waals surface area (Å²) in [5.41, 5.74) is 2.18. The van der Waals surface area contributed by atoms with Crippen LogP contribution in [0.4, 0.5) is 0 Å². The molecule has 1 amide bonds. The Balaban J connectivity index is 1.74. The summed E-state index contributed by atoms with van der Waals surface area (Å²) in [7, 11) is 1.63. The molecule has 5 heteroatoms. The molecule has 0 radical (unpaired) electrons. The number of imidazole rings is 1. The first kappa shape index (κ1) is 14.1. The Kier molecular flexibility index (Phi) is 3.78. The largest absolute Gasteiger partial charge is 0.497 e. The molecule has 0 bridgehead atoms.